The fourth-order valence-electron chi connectivity index (χ4n) is 1.20. The van der Waals surface area contributed by atoms with Gasteiger partial charge in [0.2, 0.25) is 0 Å². The van der Waals surface area contributed by atoms with Crippen molar-refractivity contribution in [3.63, 3.8) is 0 Å². The molecule has 0 aliphatic carbocycles. The summed E-state index contributed by atoms with van der Waals surface area (Å²) in [5.41, 5.74) is 1.04. The highest BCUT2D eigenvalue weighted by Crippen LogP contribution is 1.93. The predicted molar refractivity (Wildman–Crippen MR) is 80.6 cm³/mol. The number of hydrogen-bond donors (Lipinski definition) is 3. The zero-order valence-electron chi connectivity index (χ0n) is 10.2. The predicted octanol–water partition coefficient (Wildman–Crippen LogP) is 1.05. The minimum Gasteiger partial charge on any atom is -0.395 e. The molecule has 0 bridgehead atoms. The molecule has 0 radical (unpaired) electrons. The van der Waals surface area contributed by atoms with E-state index in [0.29, 0.717) is 13.1 Å². The van der Waals surface area contributed by atoms with Crippen LogP contribution in [0.25, 0.3) is 0 Å². The molecule has 0 aliphatic heterocycles. The minimum atomic E-state index is 0. The molecule has 0 amide bonds. The molecular formula is C13H20Cl2N2O. The summed E-state index contributed by atoms with van der Waals surface area (Å²) in [6.45, 7) is 3.25. The second-order valence-electron chi connectivity index (χ2n) is 3.32. The standard InChI is InChI=1S/C13H18N2O.2ClH/c16-12-11-15-10-9-14-8-4-7-13-5-2-1-3-6-13;;/h1-3,5-6,14-16H,8-12H2;2*1H. The summed E-state index contributed by atoms with van der Waals surface area (Å²) in [4.78, 5) is 0. The van der Waals surface area contributed by atoms with Gasteiger partial charge in [0.15, 0.2) is 0 Å². The van der Waals surface area contributed by atoms with Crippen molar-refractivity contribution < 1.29 is 5.11 Å². The molecule has 3 N–H and O–H groups in total. The summed E-state index contributed by atoms with van der Waals surface area (Å²) < 4.78 is 0. The van der Waals surface area contributed by atoms with E-state index in [1.165, 1.54) is 0 Å². The molecule has 0 fully saturated rings. The Kier molecular flexibility index (Phi) is 15.6. The van der Waals surface area contributed by atoms with Crippen molar-refractivity contribution in [2.24, 2.45) is 0 Å². The number of hydrogen-bond acceptors (Lipinski definition) is 3. The normalized spacial score (nSPS) is 8.50. The van der Waals surface area contributed by atoms with Gasteiger partial charge in [-0.2, -0.15) is 0 Å². The first-order valence-corrected chi connectivity index (χ1v) is 5.49. The fourth-order valence-corrected chi connectivity index (χ4v) is 1.20. The Bertz CT molecular complexity index is 336. The van der Waals surface area contributed by atoms with Crippen LogP contribution in [-0.4, -0.2) is 37.9 Å². The lowest BCUT2D eigenvalue weighted by Crippen LogP contribution is -2.29. The van der Waals surface area contributed by atoms with E-state index in [0.717, 1.165) is 18.7 Å². The largest absolute Gasteiger partial charge is 0.395 e. The maximum Gasteiger partial charge on any atom is 0.0580 e. The molecular weight excluding hydrogens is 271 g/mol. The lowest BCUT2D eigenvalue weighted by molar-refractivity contribution is 0.292. The van der Waals surface area contributed by atoms with Crippen molar-refractivity contribution in [2.75, 3.05) is 32.8 Å². The highest BCUT2D eigenvalue weighted by molar-refractivity contribution is 5.85. The number of aliphatic hydroxyl groups is 1. The van der Waals surface area contributed by atoms with E-state index in [1.807, 2.05) is 30.3 Å². The summed E-state index contributed by atoms with van der Waals surface area (Å²) >= 11 is 0. The van der Waals surface area contributed by atoms with Crippen LogP contribution in [0.15, 0.2) is 30.3 Å². The Morgan fingerprint density at radius 2 is 1.61 bits per heavy atom. The molecule has 18 heavy (non-hydrogen) atoms. The van der Waals surface area contributed by atoms with Crippen molar-refractivity contribution in [3.8, 4) is 11.8 Å². The molecule has 0 unspecified atom stereocenters. The SMILES string of the molecule is Cl.Cl.OCCNCCNCC#Cc1ccccc1. The maximum absolute atomic E-state index is 8.53. The Balaban J connectivity index is 0. The van der Waals surface area contributed by atoms with E-state index in [-0.39, 0.29) is 31.4 Å². The third-order valence-corrected chi connectivity index (χ3v) is 1.99. The van der Waals surface area contributed by atoms with Crippen LogP contribution in [-0.2, 0) is 0 Å². The van der Waals surface area contributed by atoms with Gasteiger partial charge in [0.1, 0.15) is 0 Å². The number of nitrogens with one attached hydrogen (secondary N) is 2. The lowest BCUT2D eigenvalue weighted by Gasteiger charge is -2.01. The molecule has 0 spiro atoms. The molecule has 0 saturated heterocycles. The van der Waals surface area contributed by atoms with Gasteiger partial charge < -0.3 is 15.7 Å². The molecule has 0 atom stereocenters. The van der Waals surface area contributed by atoms with Crippen LogP contribution in [0.5, 0.6) is 0 Å². The van der Waals surface area contributed by atoms with E-state index in [4.69, 9.17) is 5.11 Å². The van der Waals surface area contributed by atoms with Gasteiger partial charge in [0, 0.05) is 25.2 Å². The Morgan fingerprint density at radius 1 is 0.944 bits per heavy atom. The minimum absolute atomic E-state index is 0. The molecule has 1 rings (SSSR count). The van der Waals surface area contributed by atoms with Gasteiger partial charge in [-0.1, -0.05) is 30.0 Å². The lowest BCUT2D eigenvalue weighted by atomic mass is 10.2. The molecule has 3 nitrogen and oxygen atoms in total. The topological polar surface area (TPSA) is 44.3 Å². The first-order chi connectivity index (χ1) is 7.93. The number of rotatable bonds is 6. The zero-order chi connectivity index (χ0) is 11.5. The quantitative estimate of drug-likeness (QED) is 0.542. The summed E-state index contributed by atoms with van der Waals surface area (Å²) in [6, 6.07) is 9.94. The van der Waals surface area contributed by atoms with Crippen LogP contribution in [0.3, 0.4) is 0 Å². The first-order valence-electron chi connectivity index (χ1n) is 5.49. The fraction of sp³-hybridized carbons (Fsp3) is 0.385. The van der Waals surface area contributed by atoms with Crippen molar-refractivity contribution in [2.45, 2.75) is 0 Å². The molecule has 0 saturated carbocycles. The Hall–Kier alpha value is -0.760. The Morgan fingerprint density at radius 3 is 2.28 bits per heavy atom. The van der Waals surface area contributed by atoms with Crippen LogP contribution in [0.4, 0.5) is 0 Å². The second-order valence-corrected chi connectivity index (χ2v) is 3.32. The smallest absolute Gasteiger partial charge is 0.0580 e. The second kappa shape index (κ2) is 14.3. The van der Waals surface area contributed by atoms with E-state index < -0.39 is 0 Å². The van der Waals surface area contributed by atoms with Gasteiger partial charge in [0.25, 0.3) is 0 Å². The van der Waals surface area contributed by atoms with Crippen LogP contribution < -0.4 is 10.6 Å². The third kappa shape index (κ3) is 10.4. The van der Waals surface area contributed by atoms with Crippen molar-refractivity contribution in [1.82, 2.24) is 10.6 Å². The molecule has 0 aliphatic rings. The number of benzene rings is 1. The van der Waals surface area contributed by atoms with Gasteiger partial charge in [-0.3, -0.25) is 0 Å². The van der Waals surface area contributed by atoms with E-state index in [9.17, 15) is 0 Å². The average Bonchev–Trinajstić information content (AvgIpc) is 2.34. The number of aliphatic hydroxyl groups excluding tert-OH is 1. The van der Waals surface area contributed by atoms with E-state index in [2.05, 4.69) is 22.5 Å². The summed E-state index contributed by atoms with van der Waals surface area (Å²) in [6.07, 6.45) is 0. The maximum atomic E-state index is 8.53. The van der Waals surface area contributed by atoms with Crippen LogP contribution in [0.1, 0.15) is 5.56 Å². The van der Waals surface area contributed by atoms with Crippen molar-refractivity contribution in [1.29, 1.82) is 0 Å². The van der Waals surface area contributed by atoms with Crippen molar-refractivity contribution >= 4 is 24.8 Å². The van der Waals surface area contributed by atoms with Crippen LogP contribution >= 0.6 is 24.8 Å². The summed E-state index contributed by atoms with van der Waals surface area (Å²) in [5.74, 6) is 6.13. The number of halogens is 2. The average molecular weight is 291 g/mol. The molecule has 1 aromatic carbocycles. The molecule has 0 aromatic heterocycles. The Labute approximate surface area is 121 Å². The third-order valence-electron chi connectivity index (χ3n) is 1.99. The van der Waals surface area contributed by atoms with Gasteiger partial charge in [-0.05, 0) is 12.1 Å². The van der Waals surface area contributed by atoms with Gasteiger partial charge >= 0.3 is 0 Å². The monoisotopic (exact) mass is 290 g/mol. The first kappa shape index (κ1) is 19.6. The van der Waals surface area contributed by atoms with Gasteiger partial charge in [0.05, 0.1) is 13.2 Å². The molecule has 5 heteroatoms. The molecule has 102 valence electrons. The van der Waals surface area contributed by atoms with E-state index in [1.54, 1.807) is 0 Å². The summed E-state index contributed by atoms with van der Waals surface area (Å²) in [7, 11) is 0. The van der Waals surface area contributed by atoms with E-state index >= 15 is 0 Å². The zero-order valence-corrected chi connectivity index (χ0v) is 11.8. The molecule has 0 heterocycles. The highest BCUT2D eigenvalue weighted by Gasteiger charge is 1.85. The highest BCUT2D eigenvalue weighted by atomic mass is 35.5. The van der Waals surface area contributed by atoms with Gasteiger partial charge in [-0.25, -0.2) is 0 Å². The summed E-state index contributed by atoms with van der Waals surface area (Å²) in [5, 5.41) is 14.8. The van der Waals surface area contributed by atoms with Crippen LogP contribution in [0, 0.1) is 11.8 Å². The van der Waals surface area contributed by atoms with Gasteiger partial charge in [-0.15, -0.1) is 24.8 Å². The van der Waals surface area contributed by atoms with Crippen LogP contribution in [0.2, 0.25) is 0 Å². The van der Waals surface area contributed by atoms with Crippen molar-refractivity contribution in [3.05, 3.63) is 35.9 Å². The molecule has 1 aromatic rings.